The summed E-state index contributed by atoms with van der Waals surface area (Å²) in [5.41, 5.74) is 5.12. The van der Waals surface area contributed by atoms with Gasteiger partial charge in [0.2, 0.25) is 5.78 Å². The van der Waals surface area contributed by atoms with Crippen LogP contribution in [-0.2, 0) is 13.5 Å². The first kappa shape index (κ1) is 25.5. The Bertz CT molecular complexity index is 1490. The van der Waals surface area contributed by atoms with Gasteiger partial charge in [0.25, 0.3) is 0 Å². The number of aryl methyl sites for hydroxylation is 3. The van der Waals surface area contributed by atoms with Crippen LogP contribution in [0.4, 0.5) is 0 Å². The molecule has 0 saturated carbocycles. The number of nitrogens with zero attached hydrogens (tertiary/aromatic N) is 1. The first-order valence-corrected chi connectivity index (χ1v) is 12.6. The van der Waals surface area contributed by atoms with E-state index in [0.717, 1.165) is 58.8 Å². The van der Waals surface area contributed by atoms with Gasteiger partial charge < -0.3 is 18.5 Å². The molecule has 0 N–H and O–H groups in total. The Labute approximate surface area is 211 Å². The zero-order chi connectivity index (χ0) is 26.0. The van der Waals surface area contributed by atoms with Crippen LogP contribution in [0.25, 0.3) is 21.9 Å². The molecule has 4 rings (SSSR count). The van der Waals surface area contributed by atoms with Crippen LogP contribution >= 0.6 is 0 Å². The third-order valence-corrected chi connectivity index (χ3v) is 7.27. The topological polar surface area (TPSA) is 70.7 Å². The van der Waals surface area contributed by atoms with Crippen LogP contribution in [0, 0.1) is 20.8 Å². The third-order valence-electron chi connectivity index (χ3n) is 7.27. The molecular formula is C30H35NO5. The SMILES string of the molecule is CCCCCCc1c(C)c2ccc(OCC(=O)c3c(C)n(C)c4ccc(OC)cc34)c(C)c2oc1=O. The highest BCUT2D eigenvalue weighted by atomic mass is 16.5. The van der Waals surface area contributed by atoms with E-state index in [4.69, 9.17) is 13.9 Å². The summed E-state index contributed by atoms with van der Waals surface area (Å²) in [6.07, 6.45) is 5.14. The van der Waals surface area contributed by atoms with Crippen molar-refractivity contribution >= 4 is 27.7 Å². The van der Waals surface area contributed by atoms with E-state index in [1.165, 1.54) is 6.42 Å². The number of aromatic nitrogens is 1. The maximum absolute atomic E-state index is 13.3. The molecule has 0 spiro atoms. The van der Waals surface area contributed by atoms with Crippen molar-refractivity contribution in [2.75, 3.05) is 13.7 Å². The Hall–Kier alpha value is -3.54. The minimum Gasteiger partial charge on any atom is -0.497 e. The molecule has 2 aromatic heterocycles. The van der Waals surface area contributed by atoms with Gasteiger partial charge in [0, 0.05) is 45.7 Å². The lowest BCUT2D eigenvalue weighted by Gasteiger charge is -2.13. The molecular weight excluding hydrogens is 454 g/mol. The van der Waals surface area contributed by atoms with Gasteiger partial charge in [-0.1, -0.05) is 26.2 Å². The molecule has 0 saturated heterocycles. The van der Waals surface area contributed by atoms with Crippen LogP contribution in [0.2, 0.25) is 0 Å². The minimum absolute atomic E-state index is 0.120. The zero-order valence-electron chi connectivity index (χ0n) is 22.1. The van der Waals surface area contributed by atoms with Gasteiger partial charge >= 0.3 is 5.63 Å². The average Bonchev–Trinajstić information content (AvgIpc) is 3.12. The number of fused-ring (bicyclic) bond motifs is 2. The molecule has 0 aliphatic rings. The molecule has 0 bridgehead atoms. The Morgan fingerprint density at radius 1 is 1.00 bits per heavy atom. The molecule has 0 radical (unpaired) electrons. The van der Waals surface area contributed by atoms with Crippen molar-refractivity contribution in [3.8, 4) is 11.5 Å². The van der Waals surface area contributed by atoms with E-state index in [0.29, 0.717) is 28.2 Å². The fourth-order valence-electron chi connectivity index (χ4n) is 4.99. The molecule has 2 aromatic carbocycles. The van der Waals surface area contributed by atoms with Crippen molar-refractivity contribution in [2.24, 2.45) is 7.05 Å². The Morgan fingerprint density at radius 3 is 2.50 bits per heavy atom. The predicted molar refractivity (Wildman–Crippen MR) is 144 cm³/mol. The fraction of sp³-hybridized carbons (Fsp3) is 0.400. The van der Waals surface area contributed by atoms with E-state index in [9.17, 15) is 9.59 Å². The lowest BCUT2D eigenvalue weighted by atomic mass is 9.99. The highest BCUT2D eigenvalue weighted by Gasteiger charge is 2.21. The number of methoxy groups -OCH3 is 1. The molecule has 0 fully saturated rings. The quantitative estimate of drug-likeness (QED) is 0.143. The average molecular weight is 490 g/mol. The second kappa shape index (κ2) is 10.6. The molecule has 0 aliphatic heterocycles. The maximum Gasteiger partial charge on any atom is 0.339 e. The largest absolute Gasteiger partial charge is 0.497 e. The lowest BCUT2D eigenvalue weighted by Crippen LogP contribution is -2.14. The van der Waals surface area contributed by atoms with Crippen LogP contribution in [0.1, 0.15) is 65.3 Å². The maximum atomic E-state index is 13.3. The standard InChI is InChI=1S/C30H35NO5/c1-7-8-9-10-11-23-18(2)22-13-15-27(19(3)29(22)36-30(23)33)35-17-26(32)28-20(4)31(5)25-14-12-21(34-6)16-24(25)28/h12-16H,7-11,17H2,1-6H3. The summed E-state index contributed by atoms with van der Waals surface area (Å²) in [6, 6.07) is 9.50. The van der Waals surface area contributed by atoms with E-state index < -0.39 is 0 Å². The molecule has 36 heavy (non-hydrogen) atoms. The van der Waals surface area contributed by atoms with Crippen molar-refractivity contribution in [1.82, 2.24) is 4.57 Å². The van der Waals surface area contributed by atoms with E-state index >= 15 is 0 Å². The van der Waals surface area contributed by atoms with Crippen LogP contribution in [-0.4, -0.2) is 24.1 Å². The summed E-state index contributed by atoms with van der Waals surface area (Å²) in [7, 11) is 3.55. The lowest BCUT2D eigenvalue weighted by molar-refractivity contribution is 0.0922. The molecule has 0 atom stereocenters. The summed E-state index contributed by atoms with van der Waals surface area (Å²) < 4.78 is 19.1. The summed E-state index contributed by atoms with van der Waals surface area (Å²) in [6.45, 7) is 7.82. The number of ether oxygens (including phenoxy) is 2. The molecule has 190 valence electrons. The van der Waals surface area contributed by atoms with E-state index in [1.54, 1.807) is 7.11 Å². The van der Waals surface area contributed by atoms with E-state index in [-0.39, 0.29) is 18.0 Å². The molecule has 2 heterocycles. The summed E-state index contributed by atoms with van der Waals surface area (Å²) in [4.78, 5) is 26.1. The number of unbranched alkanes of at least 4 members (excludes halogenated alkanes) is 3. The minimum atomic E-state index is -0.284. The van der Waals surface area contributed by atoms with Crippen molar-refractivity contribution in [1.29, 1.82) is 0 Å². The smallest absolute Gasteiger partial charge is 0.339 e. The van der Waals surface area contributed by atoms with Crippen LogP contribution in [0.15, 0.2) is 39.5 Å². The molecule has 6 nitrogen and oxygen atoms in total. The second-order valence-corrected chi connectivity index (χ2v) is 9.48. The number of rotatable bonds is 10. The Kier molecular flexibility index (Phi) is 7.53. The number of carbonyl (C=O) groups excluding carboxylic acids is 1. The number of Topliss-reactive ketones (excluding diaryl/α,β-unsaturated/α-hetero) is 1. The first-order valence-electron chi connectivity index (χ1n) is 12.6. The number of hydrogen-bond donors (Lipinski definition) is 0. The molecule has 0 unspecified atom stereocenters. The van der Waals surface area contributed by atoms with Crippen LogP contribution < -0.4 is 15.1 Å². The normalized spacial score (nSPS) is 11.4. The van der Waals surface area contributed by atoms with Gasteiger partial charge in [0.15, 0.2) is 6.61 Å². The van der Waals surface area contributed by atoms with Gasteiger partial charge in [-0.05, 0) is 69.5 Å². The van der Waals surface area contributed by atoms with E-state index in [2.05, 4.69) is 6.92 Å². The number of benzene rings is 2. The van der Waals surface area contributed by atoms with Gasteiger partial charge in [-0.3, -0.25) is 4.79 Å². The molecule has 6 heteroatoms. The highest BCUT2D eigenvalue weighted by Crippen LogP contribution is 2.32. The molecule has 0 aliphatic carbocycles. The molecule has 4 aromatic rings. The Balaban J connectivity index is 1.60. The van der Waals surface area contributed by atoms with Gasteiger partial charge in [-0.25, -0.2) is 4.79 Å². The summed E-state index contributed by atoms with van der Waals surface area (Å²) >= 11 is 0. The fourth-order valence-corrected chi connectivity index (χ4v) is 4.99. The number of ketones is 1. The monoisotopic (exact) mass is 489 g/mol. The highest BCUT2D eigenvalue weighted by molar-refractivity contribution is 6.10. The van der Waals surface area contributed by atoms with Crippen molar-refractivity contribution in [3.63, 3.8) is 0 Å². The zero-order valence-corrected chi connectivity index (χ0v) is 22.1. The third kappa shape index (κ3) is 4.64. The van der Waals surface area contributed by atoms with Crippen molar-refractivity contribution in [3.05, 3.63) is 68.7 Å². The van der Waals surface area contributed by atoms with Gasteiger partial charge in [-0.2, -0.15) is 0 Å². The van der Waals surface area contributed by atoms with Crippen LogP contribution in [0.3, 0.4) is 0 Å². The van der Waals surface area contributed by atoms with E-state index in [1.807, 2.05) is 62.7 Å². The van der Waals surface area contributed by atoms with Gasteiger partial charge in [0.05, 0.1) is 7.11 Å². The van der Waals surface area contributed by atoms with Crippen LogP contribution in [0.5, 0.6) is 11.5 Å². The predicted octanol–water partition coefficient (Wildman–Crippen LogP) is 6.60. The molecule has 0 amide bonds. The Morgan fingerprint density at radius 2 is 1.78 bits per heavy atom. The van der Waals surface area contributed by atoms with Crippen molar-refractivity contribution < 1.29 is 18.7 Å². The van der Waals surface area contributed by atoms with Crippen molar-refractivity contribution in [2.45, 2.75) is 59.8 Å². The number of hydrogen-bond acceptors (Lipinski definition) is 5. The summed E-state index contributed by atoms with van der Waals surface area (Å²) in [5, 5.41) is 1.75. The van der Waals surface area contributed by atoms with Gasteiger partial charge in [0.1, 0.15) is 17.1 Å². The summed E-state index contributed by atoms with van der Waals surface area (Å²) in [5.74, 6) is 1.11. The second-order valence-electron chi connectivity index (χ2n) is 9.48. The number of carbonyl (C=O) groups is 1. The van der Waals surface area contributed by atoms with Gasteiger partial charge in [-0.15, -0.1) is 0 Å². The first-order chi connectivity index (χ1) is 17.3.